The lowest BCUT2D eigenvalue weighted by atomic mass is 9.86. The first-order valence-corrected chi connectivity index (χ1v) is 13.5. The Kier molecular flexibility index (Phi) is 6.52. The van der Waals surface area contributed by atoms with Crippen molar-refractivity contribution in [3.8, 4) is 11.5 Å². The lowest BCUT2D eigenvalue weighted by Crippen LogP contribution is -2.51. The summed E-state index contributed by atoms with van der Waals surface area (Å²) >= 11 is 6.05. The van der Waals surface area contributed by atoms with E-state index in [1.807, 2.05) is 54.1 Å². The van der Waals surface area contributed by atoms with Crippen molar-refractivity contribution < 1.29 is 24.1 Å². The number of aromatic nitrogens is 1. The third-order valence-electron chi connectivity index (χ3n) is 7.66. The van der Waals surface area contributed by atoms with Crippen molar-refractivity contribution in [2.24, 2.45) is 7.05 Å². The number of aliphatic hydroxyl groups is 1. The number of esters is 1. The average Bonchev–Trinajstić information content (AvgIpc) is 2.95. The Balaban J connectivity index is 1.51. The Morgan fingerprint density at radius 2 is 1.80 bits per heavy atom. The molecule has 1 N–H and O–H groups in total. The zero-order valence-electron chi connectivity index (χ0n) is 23.0. The molecular formula is C33H28ClNO6. The van der Waals surface area contributed by atoms with Crippen LogP contribution in [-0.2, 0) is 16.6 Å². The first kappa shape index (κ1) is 26.9. The van der Waals surface area contributed by atoms with Crippen LogP contribution in [0.1, 0.15) is 31.1 Å². The van der Waals surface area contributed by atoms with Gasteiger partial charge in [-0.2, -0.15) is 0 Å². The van der Waals surface area contributed by atoms with E-state index in [2.05, 4.69) is 0 Å². The Labute approximate surface area is 241 Å². The number of hydrogen-bond donors (Lipinski definition) is 1. The first-order chi connectivity index (χ1) is 19.6. The summed E-state index contributed by atoms with van der Waals surface area (Å²) < 4.78 is 19.7. The third-order valence-corrected chi connectivity index (χ3v) is 7.90. The fraction of sp³-hybridized carbons (Fsp3) is 0.212. The monoisotopic (exact) mass is 569 g/mol. The maximum atomic E-state index is 14.0. The second kappa shape index (κ2) is 9.94. The van der Waals surface area contributed by atoms with E-state index in [-0.39, 0.29) is 5.43 Å². The third kappa shape index (κ3) is 4.51. The second-order valence-electron chi connectivity index (χ2n) is 10.7. The predicted octanol–water partition coefficient (Wildman–Crippen LogP) is 6.34. The van der Waals surface area contributed by atoms with Crippen molar-refractivity contribution in [1.29, 1.82) is 0 Å². The Hall–Kier alpha value is -4.33. The minimum Gasteiger partial charge on any atom is -0.496 e. The minimum absolute atomic E-state index is 0.228. The molecule has 2 atom stereocenters. The molecular weight excluding hydrogens is 542 g/mol. The maximum Gasteiger partial charge on any atom is 0.331 e. The lowest BCUT2D eigenvalue weighted by molar-refractivity contribution is -0.171. The SMILES string of the molecule is COc1cc2c(c3c1c(=O)c1cc4ccccc4cc1n3C)C(O)C(OC(=O)/C=C/c1cccc(Cl)c1)C(C)(C)O2. The summed E-state index contributed by atoms with van der Waals surface area (Å²) in [5.41, 5.74) is 0.889. The van der Waals surface area contributed by atoms with Crippen molar-refractivity contribution in [2.75, 3.05) is 7.11 Å². The normalized spacial score (nSPS) is 18.0. The van der Waals surface area contributed by atoms with Crippen LogP contribution in [0.5, 0.6) is 11.5 Å². The molecule has 208 valence electrons. The molecule has 1 aliphatic rings. The van der Waals surface area contributed by atoms with E-state index in [4.69, 9.17) is 25.8 Å². The maximum absolute atomic E-state index is 14.0. The molecule has 7 nitrogen and oxygen atoms in total. The second-order valence-corrected chi connectivity index (χ2v) is 11.2. The number of ether oxygens (including phenoxy) is 3. The number of rotatable bonds is 4. The summed E-state index contributed by atoms with van der Waals surface area (Å²) in [7, 11) is 3.33. The molecule has 0 saturated heterocycles. The number of halogens is 1. The van der Waals surface area contributed by atoms with Crippen LogP contribution in [0, 0.1) is 0 Å². The van der Waals surface area contributed by atoms with E-state index in [0.29, 0.717) is 43.9 Å². The smallest absolute Gasteiger partial charge is 0.331 e. The van der Waals surface area contributed by atoms with Gasteiger partial charge in [0.2, 0.25) is 5.43 Å². The molecule has 0 saturated carbocycles. The van der Waals surface area contributed by atoms with Crippen molar-refractivity contribution in [1.82, 2.24) is 4.57 Å². The molecule has 6 rings (SSSR count). The lowest BCUT2D eigenvalue weighted by Gasteiger charge is -2.42. The summed E-state index contributed by atoms with van der Waals surface area (Å²) in [5, 5.41) is 15.1. The molecule has 5 aromatic rings. The summed E-state index contributed by atoms with van der Waals surface area (Å²) in [6, 6.07) is 20.3. The van der Waals surface area contributed by atoms with Gasteiger partial charge in [0.1, 0.15) is 23.2 Å². The van der Waals surface area contributed by atoms with Crippen LogP contribution in [0.15, 0.2) is 77.6 Å². The van der Waals surface area contributed by atoms with Gasteiger partial charge in [0.05, 0.1) is 29.1 Å². The van der Waals surface area contributed by atoms with Crippen molar-refractivity contribution in [2.45, 2.75) is 31.7 Å². The fourth-order valence-corrected chi connectivity index (χ4v) is 5.90. The molecule has 2 unspecified atom stereocenters. The fourth-order valence-electron chi connectivity index (χ4n) is 5.70. The van der Waals surface area contributed by atoms with E-state index < -0.39 is 23.8 Å². The Bertz CT molecular complexity index is 1960. The summed E-state index contributed by atoms with van der Waals surface area (Å²) in [5.74, 6) is 0.0267. The van der Waals surface area contributed by atoms with Gasteiger partial charge in [0.25, 0.3) is 0 Å². The molecule has 0 aliphatic carbocycles. The van der Waals surface area contributed by atoms with E-state index in [1.165, 1.54) is 13.2 Å². The molecule has 41 heavy (non-hydrogen) atoms. The number of fused-ring (bicyclic) bond motifs is 5. The Morgan fingerprint density at radius 1 is 1.07 bits per heavy atom. The van der Waals surface area contributed by atoms with E-state index in [0.717, 1.165) is 16.3 Å². The van der Waals surface area contributed by atoms with Gasteiger partial charge in [0, 0.05) is 29.6 Å². The van der Waals surface area contributed by atoms with Gasteiger partial charge in [-0.25, -0.2) is 4.79 Å². The standard InChI is InChI=1S/C33H28ClNO6/c1-33(2)32(40-26(36)13-12-18-8-7-11-21(34)14-18)31(38)28-25(41-33)17-24(39-4)27-29(28)35(3)23-16-20-10-6-5-9-19(20)15-22(23)30(27)37/h5-17,31-32,38H,1-4H3/b13-12+. The molecule has 2 heterocycles. The summed E-state index contributed by atoms with van der Waals surface area (Å²) in [6.45, 7) is 3.47. The van der Waals surface area contributed by atoms with Crippen LogP contribution in [0.4, 0.5) is 0 Å². The van der Waals surface area contributed by atoms with E-state index in [9.17, 15) is 14.7 Å². The molecule has 0 radical (unpaired) electrons. The van der Waals surface area contributed by atoms with Crippen LogP contribution in [-0.4, -0.2) is 34.5 Å². The first-order valence-electron chi connectivity index (χ1n) is 13.2. The molecule has 4 aromatic carbocycles. The van der Waals surface area contributed by atoms with Crippen LogP contribution >= 0.6 is 11.6 Å². The highest BCUT2D eigenvalue weighted by Crippen LogP contribution is 2.47. The van der Waals surface area contributed by atoms with Gasteiger partial charge in [-0.15, -0.1) is 0 Å². The van der Waals surface area contributed by atoms with Crippen LogP contribution < -0.4 is 14.9 Å². The van der Waals surface area contributed by atoms with Crippen molar-refractivity contribution >= 4 is 56.2 Å². The van der Waals surface area contributed by atoms with Gasteiger partial charge < -0.3 is 23.9 Å². The average molecular weight is 570 g/mol. The highest BCUT2D eigenvalue weighted by molar-refractivity contribution is 6.30. The Morgan fingerprint density at radius 3 is 2.51 bits per heavy atom. The minimum atomic E-state index is -1.30. The summed E-state index contributed by atoms with van der Waals surface area (Å²) in [4.78, 5) is 26.9. The summed E-state index contributed by atoms with van der Waals surface area (Å²) in [6.07, 6.45) is 0.496. The van der Waals surface area contributed by atoms with Crippen molar-refractivity contribution in [3.05, 3.63) is 99.2 Å². The van der Waals surface area contributed by atoms with Gasteiger partial charge >= 0.3 is 5.97 Å². The van der Waals surface area contributed by atoms with Gasteiger partial charge in [0.15, 0.2) is 6.10 Å². The number of carbonyl (C=O) groups excluding carboxylic acids is 1. The van der Waals surface area contributed by atoms with E-state index in [1.54, 1.807) is 44.2 Å². The zero-order chi connectivity index (χ0) is 29.1. The van der Waals surface area contributed by atoms with Gasteiger partial charge in [-0.1, -0.05) is 48.0 Å². The number of aryl methyl sites for hydroxylation is 1. The zero-order valence-corrected chi connectivity index (χ0v) is 23.7. The number of benzene rings is 4. The molecule has 0 amide bonds. The molecule has 8 heteroatoms. The highest BCUT2D eigenvalue weighted by Gasteiger charge is 2.47. The van der Waals surface area contributed by atoms with Crippen LogP contribution in [0.2, 0.25) is 5.02 Å². The molecule has 0 spiro atoms. The van der Waals surface area contributed by atoms with E-state index >= 15 is 0 Å². The number of methoxy groups -OCH3 is 1. The topological polar surface area (TPSA) is 87.0 Å². The molecule has 1 aliphatic heterocycles. The molecule has 0 fully saturated rings. The van der Waals surface area contributed by atoms with Gasteiger partial charge in [-0.3, -0.25) is 4.79 Å². The van der Waals surface area contributed by atoms with Crippen LogP contribution in [0.3, 0.4) is 0 Å². The molecule has 0 bridgehead atoms. The van der Waals surface area contributed by atoms with Crippen LogP contribution in [0.25, 0.3) is 38.7 Å². The van der Waals surface area contributed by atoms with Gasteiger partial charge in [-0.05, 0) is 60.5 Å². The number of carbonyl (C=O) groups is 1. The number of hydrogen-bond acceptors (Lipinski definition) is 6. The number of aliphatic hydroxyl groups excluding tert-OH is 1. The quantitative estimate of drug-likeness (QED) is 0.154. The molecule has 1 aromatic heterocycles. The predicted molar refractivity (Wildman–Crippen MR) is 161 cm³/mol. The number of pyridine rings is 1. The van der Waals surface area contributed by atoms with Crippen molar-refractivity contribution in [3.63, 3.8) is 0 Å². The number of nitrogens with zero attached hydrogens (tertiary/aromatic N) is 1. The largest absolute Gasteiger partial charge is 0.496 e. The highest BCUT2D eigenvalue weighted by atomic mass is 35.5.